The van der Waals surface area contributed by atoms with Gasteiger partial charge in [0.1, 0.15) is 18.5 Å². The van der Waals surface area contributed by atoms with E-state index < -0.39 is 0 Å². The predicted octanol–water partition coefficient (Wildman–Crippen LogP) is 0.417. The summed E-state index contributed by atoms with van der Waals surface area (Å²) < 4.78 is 0. The summed E-state index contributed by atoms with van der Waals surface area (Å²) >= 11 is 0. The Labute approximate surface area is 105 Å². The van der Waals surface area contributed by atoms with Gasteiger partial charge in [-0.1, -0.05) is 0 Å². The lowest BCUT2D eigenvalue weighted by molar-refractivity contribution is 0.477. The Morgan fingerprint density at radius 2 is 1.94 bits per heavy atom. The maximum absolute atomic E-state index is 4.34. The molecule has 0 aromatic carbocycles. The summed E-state index contributed by atoms with van der Waals surface area (Å²) in [5.74, 6) is 0.940. The quantitative estimate of drug-likeness (QED) is 0.823. The Morgan fingerprint density at radius 1 is 1.11 bits per heavy atom. The van der Waals surface area contributed by atoms with Crippen molar-refractivity contribution in [2.45, 2.75) is 6.04 Å². The SMILES string of the molecule is c1cc(C2CNCCN2c2ccncn2)ncn1. The van der Waals surface area contributed by atoms with Crippen LogP contribution < -0.4 is 10.2 Å². The van der Waals surface area contributed by atoms with Gasteiger partial charge >= 0.3 is 0 Å². The zero-order valence-corrected chi connectivity index (χ0v) is 9.90. The molecule has 6 heteroatoms. The van der Waals surface area contributed by atoms with Crippen molar-refractivity contribution in [1.82, 2.24) is 25.3 Å². The molecule has 18 heavy (non-hydrogen) atoms. The van der Waals surface area contributed by atoms with Gasteiger partial charge in [0.2, 0.25) is 0 Å². The minimum Gasteiger partial charge on any atom is -0.345 e. The molecule has 1 saturated heterocycles. The largest absolute Gasteiger partial charge is 0.345 e. The third-order valence-electron chi connectivity index (χ3n) is 3.05. The highest BCUT2D eigenvalue weighted by molar-refractivity contribution is 5.40. The summed E-state index contributed by atoms with van der Waals surface area (Å²) in [6.07, 6.45) is 6.70. The van der Waals surface area contributed by atoms with Crippen LogP contribution in [0.3, 0.4) is 0 Å². The smallest absolute Gasteiger partial charge is 0.132 e. The van der Waals surface area contributed by atoms with Gasteiger partial charge in [-0.05, 0) is 12.1 Å². The molecule has 6 nitrogen and oxygen atoms in total. The number of piperazine rings is 1. The summed E-state index contributed by atoms with van der Waals surface area (Å²) in [5.41, 5.74) is 1.01. The van der Waals surface area contributed by atoms with E-state index in [-0.39, 0.29) is 6.04 Å². The van der Waals surface area contributed by atoms with Crippen LogP contribution in [-0.2, 0) is 0 Å². The summed E-state index contributed by atoms with van der Waals surface area (Å²) in [5, 5.41) is 3.39. The van der Waals surface area contributed by atoms with E-state index in [1.54, 1.807) is 25.0 Å². The molecule has 2 aromatic heterocycles. The molecule has 2 aromatic rings. The minimum absolute atomic E-state index is 0.191. The lowest BCUT2D eigenvalue weighted by atomic mass is 10.1. The van der Waals surface area contributed by atoms with Crippen molar-refractivity contribution in [2.75, 3.05) is 24.5 Å². The molecule has 1 N–H and O–H groups in total. The molecule has 0 spiro atoms. The zero-order chi connectivity index (χ0) is 12.2. The Balaban J connectivity index is 1.92. The Hall–Kier alpha value is -2.08. The number of nitrogens with one attached hydrogen (secondary N) is 1. The molecule has 0 saturated carbocycles. The standard InChI is InChI=1S/C12H14N6/c1-3-14-8-16-10(1)11-7-13-5-6-18(11)12-2-4-15-9-17-12/h1-4,8-9,11,13H,5-7H2. The number of aromatic nitrogens is 4. The lowest BCUT2D eigenvalue weighted by Gasteiger charge is -2.36. The zero-order valence-electron chi connectivity index (χ0n) is 9.90. The van der Waals surface area contributed by atoms with Gasteiger partial charge in [-0.3, -0.25) is 0 Å². The fraction of sp³-hybridized carbons (Fsp3) is 0.333. The normalized spacial score (nSPS) is 19.8. The fourth-order valence-electron chi connectivity index (χ4n) is 2.19. The van der Waals surface area contributed by atoms with Crippen LogP contribution in [0.5, 0.6) is 0 Å². The van der Waals surface area contributed by atoms with Crippen LogP contribution in [0.1, 0.15) is 11.7 Å². The molecule has 3 heterocycles. The molecular formula is C12H14N6. The van der Waals surface area contributed by atoms with Gasteiger partial charge in [-0.2, -0.15) is 0 Å². The van der Waals surface area contributed by atoms with Crippen molar-refractivity contribution >= 4 is 5.82 Å². The van der Waals surface area contributed by atoms with Gasteiger partial charge in [-0.25, -0.2) is 19.9 Å². The Kier molecular flexibility index (Phi) is 3.10. The highest BCUT2D eigenvalue weighted by atomic mass is 15.3. The first-order chi connectivity index (χ1) is 8.95. The molecule has 0 aliphatic carbocycles. The van der Waals surface area contributed by atoms with Crippen molar-refractivity contribution in [3.63, 3.8) is 0 Å². The van der Waals surface area contributed by atoms with Gasteiger partial charge in [0.25, 0.3) is 0 Å². The second kappa shape index (κ2) is 5.05. The number of anilines is 1. The van der Waals surface area contributed by atoms with Crippen molar-refractivity contribution in [3.05, 3.63) is 42.9 Å². The third kappa shape index (κ3) is 2.14. The highest BCUT2D eigenvalue weighted by Gasteiger charge is 2.25. The van der Waals surface area contributed by atoms with E-state index in [1.807, 2.05) is 12.1 Å². The van der Waals surface area contributed by atoms with Crippen molar-refractivity contribution < 1.29 is 0 Å². The molecule has 1 atom stereocenters. The summed E-state index contributed by atoms with van der Waals surface area (Å²) in [4.78, 5) is 18.8. The van der Waals surface area contributed by atoms with Crippen molar-refractivity contribution in [2.24, 2.45) is 0 Å². The van der Waals surface area contributed by atoms with Gasteiger partial charge in [0.05, 0.1) is 11.7 Å². The first-order valence-electron chi connectivity index (χ1n) is 5.94. The maximum atomic E-state index is 4.34. The van der Waals surface area contributed by atoms with Crippen LogP contribution in [-0.4, -0.2) is 39.6 Å². The van der Waals surface area contributed by atoms with Crippen LogP contribution in [0.2, 0.25) is 0 Å². The molecule has 0 bridgehead atoms. The molecule has 1 aliphatic rings. The van der Waals surface area contributed by atoms with Gasteiger partial charge in [0.15, 0.2) is 0 Å². The van der Waals surface area contributed by atoms with Crippen LogP contribution in [0.15, 0.2) is 37.2 Å². The van der Waals surface area contributed by atoms with E-state index in [9.17, 15) is 0 Å². The molecule has 1 aliphatic heterocycles. The van der Waals surface area contributed by atoms with Crippen LogP contribution in [0, 0.1) is 0 Å². The lowest BCUT2D eigenvalue weighted by Crippen LogP contribution is -2.46. The summed E-state index contributed by atoms with van der Waals surface area (Å²) in [6.45, 7) is 2.72. The Morgan fingerprint density at radius 3 is 2.67 bits per heavy atom. The average molecular weight is 242 g/mol. The minimum atomic E-state index is 0.191. The molecule has 92 valence electrons. The predicted molar refractivity (Wildman–Crippen MR) is 67.0 cm³/mol. The molecule has 3 rings (SSSR count). The first-order valence-corrected chi connectivity index (χ1v) is 5.94. The molecule has 0 amide bonds. The number of hydrogen-bond acceptors (Lipinski definition) is 6. The van der Waals surface area contributed by atoms with Crippen molar-refractivity contribution in [3.8, 4) is 0 Å². The third-order valence-corrected chi connectivity index (χ3v) is 3.05. The average Bonchev–Trinajstić information content (AvgIpc) is 2.49. The topological polar surface area (TPSA) is 66.8 Å². The van der Waals surface area contributed by atoms with E-state index in [0.717, 1.165) is 31.1 Å². The summed E-state index contributed by atoms with van der Waals surface area (Å²) in [7, 11) is 0. The fourth-order valence-corrected chi connectivity index (χ4v) is 2.19. The molecule has 0 radical (unpaired) electrons. The van der Waals surface area contributed by atoms with Crippen LogP contribution in [0.25, 0.3) is 0 Å². The summed E-state index contributed by atoms with van der Waals surface area (Å²) in [6, 6.07) is 4.07. The monoisotopic (exact) mass is 242 g/mol. The second-order valence-corrected chi connectivity index (χ2v) is 4.12. The van der Waals surface area contributed by atoms with Crippen LogP contribution in [0.4, 0.5) is 5.82 Å². The maximum Gasteiger partial charge on any atom is 0.132 e. The van der Waals surface area contributed by atoms with Gasteiger partial charge < -0.3 is 10.2 Å². The van der Waals surface area contributed by atoms with E-state index in [0.29, 0.717) is 0 Å². The van der Waals surface area contributed by atoms with E-state index >= 15 is 0 Å². The molecular weight excluding hydrogens is 228 g/mol. The molecule has 1 unspecified atom stereocenters. The number of nitrogens with zero attached hydrogens (tertiary/aromatic N) is 5. The highest BCUT2D eigenvalue weighted by Crippen LogP contribution is 2.24. The number of rotatable bonds is 2. The molecule has 1 fully saturated rings. The van der Waals surface area contributed by atoms with Gasteiger partial charge in [-0.15, -0.1) is 0 Å². The van der Waals surface area contributed by atoms with E-state index in [4.69, 9.17) is 0 Å². The number of hydrogen-bond donors (Lipinski definition) is 1. The first kappa shape index (κ1) is 11.0. The second-order valence-electron chi connectivity index (χ2n) is 4.12. The van der Waals surface area contributed by atoms with E-state index in [2.05, 4.69) is 30.2 Å². The van der Waals surface area contributed by atoms with Crippen molar-refractivity contribution in [1.29, 1.82) is 0 Å². The van der Waals surface area contributed by atoms with E-state index in [1.165, 1.54) is 0 Å². The Bertz CT molecular complexity index is 441. The van der Waals surface area contributed by atoms with Gasteiger partial charge in [0, 0.05) is 32.0 Å². The van der Waals surface area contributed by atoms with Crippen LogP contribution >= 0.6 is 0 Å².